The number of alkyl halides is 3. The van der Waals surface area contributed by atoms with E-state index < -0.39 is 29.4 Å². The van der Waals surface area contributed by atoms with Crippen molar-refractivity contribution in [2.75, 3.05) is 38.2 Å². The minimum atomic E-state index is -4.60. The number of imide groups is 1. The highest BCUT2D eigenvalue weighted by Gasteiger charge is 2.38. The van der Waals surface area contributed by atoms with Crippen molar-refractivity contribution < 1.29 is 32.3 Å². The first-order valence-corrected chi connectivity index (χ1v) is 13.6. The molecule has 3 aromatic rings. The number of hydrogen-bond acceptors (Lipinski definition) is 6. The van der Waals surface area contributed by atoms with Gasteiger partial charge in [-0.05, 0) is 59.3 Å². The van der Waals surface area contributed by atoms with E-state index in [2.05, 4.69) is 4.90 Å². The fraction of sp³-hybridized carbons (Fsp3) is 0.233. The van der Waals surface area contributed by atoms with Gasteiger partial charge in [0.1, 0.15) is 5.75 Å². The number of benzene rings is 3. The molecule has 0 aliphatic carbocycles. The Morgan fingerprint density at radius 1 is 0.951 bits per heavy atom. The number of anilines is 1. The molecular formula is C30H26F3N3O4S. The van der Waals surface area contributed by atoms with Gasteiger partial charge >= 0.3 is 6.18 Å². The number of halogens is 3. The van der Waals surface area contributed by atoms with E-state index in [0.29, 0.717) is 49.1 Å². The zero-order valence-electron chi connectivity index (χ0n) is 22.1. The molecule has 2 aliphatic rings. The number of rotatable bonds is 6. The third-order valence-corrected chi connectivity index (χ3v) is 7.87. The summed E-state index contributed by atoms with van der Waals surface area (Å²) in [6, 6.07) is 19.3. The van der Waals surface area contributed by atoms with E-state index in [0.717, 1.165) is 22.4 Å². The van der Waals surface area contributed by atoms with Crippen LogP contribution >= 0.6 is 11.8 Å². The predicted molar refractivity (Wildman–Crippen MR) is 151 cm³/mol. The van der Waals surface area contributed by atoms with Gasteiger partial charge in [-0.2, -0.15) is 13.2 Å². The highest BCUT2D eigenvalue weighted by Crippen LogP contribution is 2.36. The van der Waals surface area contributed by atoms with Gasteiger partial charge in [0.05, 0.1) is 24.1 Å². The normalized spacial score (nSPS) is 17.0. The first kappa shape index (κ1) is 28.3. The van der Waals surface area contributed by atoms with E-state index in [4.69, 9.17) is 4.74 Å². The summed E-state index contributed by atoms with van der Waals surface area (Å²) >= 11 is 0.673. The van der Waals surface area contributed by atoms with Crippen molar-refractivity contribution >= 4 is 40.6 Å². The molecule has 2 heterocycles. The van der Waals surface area contributed by atoms with Crippen molar-refractivity contribution in [3.63, 3.8) is 0 Å². The van der Waals surface area contributed by atoms with Gasteiger partial charge in [-0.1, -0.05) is 36.4 Å². The van der Waals surface area contributed by atoms with Crippen LogP contribution in [0.2, 0.25) is 0 Å². The molecule has 0 bridgehead atoms. The maximum Gasteiger partial charge on any atom is 0.416 e. The molecule has 2 saturated heterocycles. The minimum absolute atomic E-state index is 0.104. The number of thioether (sulfide) groups is 1. The SMILES string of the molecule is COc1cccc(N2CCN(C(=O)c3ccc(/C=C4\SC(=O)N(Cc5ccccc5C(F)(F)F)C4=O)cc3)CC2)c1. The predicted octanol–water partition coefficient (Wildman–Crippen LogP) is 5.91. The van der Waals surface area contributed by atoms with Crippen molar-refractivity contribution in [3.8, 4) is 5.75 Å². The lowest BCUT2D eigenvalue weighted by atomic mass is 10.1. The molecule has 0 saturated carbocycles. The molecular weight excluding hydrogens is 555 g/mol. The van der Waals surface area contributed by atoms with Gasteiger partial charge in [0, 0.05) is 43.5 Å². The lowest BCUT2D eigenvalue weighted by Gasteiger charge is -2.36. The van der Waals surface area contributed by atoms with Crippen molar-refractivity contribution in [3.05, 3.63) is 100.0 Å². The van der Waals surface area contributed by atoms with E-state index in [1.54, 1.807) is 36.3 Å². The summed E-state index contributed by atoms with van der Waals surface area (Å²) in [4.78, 5) is 43.4. The lowest BCUT2D eigenvalue weighted by Crippen LogP contribution is -2.48. The average molecular weight is 582 g/mol. The molecule has 2 fully saturated rings. The Kier molecular flexibility index (Phi) is 8.07. The maximum atomic E-state index is 13.4. The lowest BCUT2D eigenvalue weighted by molar-refractivity contribution is -0.139. The second-order valence-electron chi connectivity index (χ2n) is 9.53. The van der Waals surface area contributed by atoms with Crippen molar-refractivity contribution in [2.45, 2.75) is 12.7 Å². The number of carbonyl (C=O) groups excluding carboxylic acids is 3. The molecule has 5 rings (SSSR count). The summed E-state index contributed by atoms with van der Waals surface area (Å²) in [6.45, 7) is 2.00. The molecule has 41 heavy (non-hydrogen) atoms. The number of hydrogen-bond donors (Lipinski definition) is 0. The summed E-state index contributed by atoms with van der Waals surface area (Å²) in [7, 11) is 1.62. The zero-order chi connectivity index (χ0) is 29.1. The van der Waals surface area contributed by atoms with E-state index in [-0.39, 0.29) is 16.4 Å². The average Bonchev–Trinajstić information content (AvgIpc) is 3.24. The first-order valence-electron chi connectivity index (χ1n) is 12.8. The summed E-state index contributed by atoms with van der Waals surface area (Å²) in [5, 5.41) is -0.641. The van der Waals surface area contributed by atoms with Crippen molar-refractivity contribution in [1.82, 2.24) is 9.80 Å². The molecule has 0 unspecified atom stereocenters. The van der Waals surface area contributed by atoms with E-state index in [1.807, 2.05) is 24.3 Å². The molecule has 0 N–H and O–H groups in total. The van der Waals surface area contributed by atoms with E-state index in [9.17, 15) is 27.6 Å². The van der Waals surface area contributed by atoms with E-state index >= 15 is 0 Å². The Morgan fingerprint density at radius 2 is 1.66 bits per heavy atom. The molecule has 212 valence electrons. The Labute approximate surface area is 239 Å². The fourth-order valence-corrected chi connectivity index (χ4v) is 5.61. The van der Waals surface area contributed by atoms with Gasteiger partial charge in [0.2, 0.25) is 0 Å². The number of ether oxygens (including phenoxy) is 1. The Hall–Kier alpha value is -4.25. The van der Waals surface area contributed by atoms with Crippen LogP contribution in [0.25, 0.3) is 6.08 Å². The van der Waals surface area contributed by atoms with Crippen LogP contribution in [-0.2, 0) is 17.5 Å². The summed E-state index contributed by atoms with van der Waals surface area (Å²) in [5.74, 6) is 0.00848. The van der Waals surface area contributed by atoms with Crippen LogP contribution < -0.4 is 9.64 Å². The van der Waals surface area contributed by atoms with Crippen LogP contribution in [0, 0.1) is 0 Å². The number of piperazine rings is 1. The van der Waals surface area contributed by atoms with Crippen molar-refractivity contribution in [2.24, 2.45) is 0 Å². The molecule has 0 aromatic heterocycles. The third kappa shape index (κ3) is 6.25. The Bertz CT molecular complexity index is 1500. The summed E-state index contributed by atoms with van der Waals surface area (Å²) in [5.41, 5.74) is 1.08. The number of carbonyl (C=O) groups is 3. The number of nitrogens with zero attached hydrogens (tertiary/aromatic N) is 3. The van der Waals surface area contributed by atoms with Gasteiger partial charge in [-0.15, -0.1) is 0 Å². The fourth-order valence-electron chi connectivity index (χ4n) is 4.77. The second kappa shape index (κ2) is 11.7. The van der Waals surface area contributed by atoms with Gasteiger partial charge in [-0.3, -0.25) is 19.3 Å². The first-order chi connectivity index (χ1) is 19.6. The zero-order valence-corrected chi connectivity index (χ0v) is 22.9. The van der Waals surface area contributed by atoms with Gasteiger partial charge in [0.25, 0.3) is 17.1 Å². The second-order valence-corrected chi connectivity index (χ2v) is 10.5. The maximum absolute atomic E-state index is 13.4. The van der Waals surface area contributed by atoms with E-state index in [1.165, 1.54) is 24.3 Å². The third-order valence-electron chi connectivity index (χ3n) is 6.97. The molecule has 11 heteroatoms. The van der Waals surface area contributed by atoms with Crippen LogP contribution in [0.4, 0.5) is 23.7 Å². The quantitative estimate of drug-likeness (QED) is 0.337. The molecule has 0 atom stereocenters. The Morgan fingerprint density at radius 3 is 2.34 bits per heavy atom. The molecule has 3 aromatic carbocycles. The van der Waals surface area contributed by atoms with Crippen molar-refractivity contribution in [1.29, 1.82) is 0 Å². The van der Waals surface area contributed by atoms with Gasteiger partial charge < -0.3 is 14.5 Å². The monoisotopic (exact) mass is 581 g/mol. The smallest absolute Gasteiger partial charge is 0.416 e. The van der Waals surface area contributed by atoms with Gasteiger partial charge in [0.15, 0.2) is 0 Å². The number of amides is 3. The van der Waals surface area contributed by atoms with Crippen LogP contribution in [0.1, 0.15) is 27.0 Å². The topological polar surface area (TPSA) is 70.2 Å². The molecule has 0 spiro atoms. The molecule has 0 radical (unpaired) electrons. The minimum Gasteiger partial charge on any atom is -0.497 e. The van der Waals surface area contributed by atoms with Crippen LogP contribution in [0.3, 0.4) is 0 Å². The summed E-state index contributed by atoms with van der Waals surface area (Å²) < 4.78 is 45.4. The van der Waals surface area contributed by atoms with Crippen LogP contribution in [0.15, 0.2) is 77.7 Å². The molecule has 7 nitrogen and oxygen atoms in total. The molecule has 3 amide bonds. The van der Waals surface area contributed by atoms with Crippen LogP contribution in [0.5, 0.6) is 5.75 Å². The van der Waals surface area contributed by atoms with Crippen LogP contribution in [-0.4, -0.2) is 60.1 Å². The number of methoxy groups -OCH3 is 1. The highest BCUT2D eigenvalue weighted by molar-refractivity contribution is 8.18. The van der Waals surface area contributed by atoms with Gasteiger partial charge in [-0.25, -0.2) is 0 Å². The largest absolute Gasteiger partial charge is 0.497 e. The molecule has 2 aliphatic heterocycles. The Balaban J connectivity index is 1.22. The standard InChI is InChI=1S/C30H26F3N3O4S/c1-40-24-7-4-6-23(18-24)34-13-15-35(16-14-34)27(37)21-11-9-20(10-12-21)17-26-28(38)36(29(39)41-26)19-22-5-2-3-8-25(22)30(31,32)33/h2-12,17-18H,13-16,19H2,1H3/b26-17-. The summed E-state index contributed by atoms with van der Waals surface area (Å²) in [6.07, 6.45) is -3.10. The highest BCUT2D eigenvalue weighted by atomic mass is 32.2.